The summed E-state index contributed by atoms with van der Waals surface area (Å²) in [7, 11) is 0. The van der Waals surface area contributed by atoms with Gasteiger partial charge in [0, 0.05) is 37.3 Å². The predicted molar refractivity (Wildman–Crippen MR) is 143 cm³/mol. The quantitative estimate of drug-likeness (QED) is 0.292. The van der Waals surface area contributed by atoms with E-state index in [1.54, 1.807) is 24.5 Å². The maximum absolute atomic E-state index is 14.2. The van der Waals surface area contributed by atoms with E-state index in [9.17, 15) is 14.3 Å². The van der Waals surface area contributed by atoms with E-state index in [-0.39, 0.29) is 11.1 Å². The fourth-order valence-electron chi connectivity index (χ4n) is 4.53. The molecule has 5 rings (SSSR count). The smallest absolute Gasteiger partial charge is 0.170 e. The number of carbonyl (C=O) groups excluding carboxylic acids is 1. The van der Waals surface area contributed by atoms with Gasteiger partial charge < -0.3 is 25.9 Å². The van der Waals surface area contributed by atoms with E-state index in [1.165, 1.54) is 12.1 Å². The Labute approximate surface area is 218 Å². The van der Waals surface area contributed by atoms with Crippen molar-refractivity contribution in [3.8, 4) is 17.0 Å². The van der Waals surface area contributed by atoms with Crippen LogP contribution in [0.3, 0.4) is 0 Å². The van der Waals surface area contributed by atoms with Gasteiger partial charge in [-0.25, -0.2) is 14.4 Å². The summed E-state index contributed by atoms with van der Waals surface area (Å²) in [4.78, 5) is 27.2. The number of carbonyl (C=O) groups is 1. The third kappa shape index (κ3) is 5.33. The molecule has 10 heteroatoms. The Hall–Kier alpha value is -3.82. The number of rotatable bonds is 7. The number of phenols is 1. The number of halogens is 2. The molecule has 1 aromatic carbocycles. The van der Waals surface area contributed by atoms with Crippen molar-refractivity contribution in [2.75, 3.05) is 23.3 Å². The summed E-state index contributed by atoms with van der Waals surface area (Å²) in [6.07, 6.45) is 7.19. The molecular formula is C27H26ClFN6O2. The summed E-state index contributed by atoms with van der Waals surface area (Å²) in [6.45, 7) is 1.70. The minimum absolute atomic E-state index is 0.103. The lowest BCUT2D eigenvalue weighted by molar-refractivity contribution is -0.107. The van der Waals surface area contributed by atoms with Crippen LogP contribution in [-0.4, -0.2) is 45.5 Å². The van der Waals surface area contributed by atoms with Crippen molar-refractivity contribution in [3.63, 3.8) is 0 Å². The molecule has 0 amide bonds. The van der Waals surface area contributed by atoms with E-state index in [2.05, 4.69) is 20.2 Å². The van der Waals surface area contributed by atoms with E-state index in [0.717, 1.165) is 49.3 Å². The number of fused-ring (bicyclic) bond motifs is 1. The number of nitrogens with zero attached hydrogens (tertiary/aromatic N) is 4. The highest BCUT2D eigenvalue weighted by molar-refractivity contribution is 6.32. The number of pyridine rings is 3. The van der Waals surface area contributed by atoms with Crippen LogP contribution in [0.4, 0.5) is 21.6 Å². The topological polar surface area (TPSA) is 117 Å². The van der Waals surface area contributed by atoms with Crippen molar-refractivity contribution in [1.82, 2.24) is 15.0 Å². The van der Waals surface area contributed by atoms with Gasteiger partial charge in [0.25, 0.3) is 0 Å². The summed E-state index contributed by atoms with van der Waals surface area (Å²) in [5.74, 6) is -0.566. The summed E-state index contributed by atoms with van der Waals surface area (Å²) in [5, 5.41) is 13.0. The molecule has 0 bridgehead atoms. The van der Waals surface area contributed by atoms with Gasteiger partial charge in [-0.2, -0.15) is 0 Å². The third-order valence-electron chi connectivity index (χ3n) is 6.43. The number of benzene rings is 1. The van der Waals surface area contributed by atoms with Crippen molar-refractivity contribution >= 4 is 46.1 Å². The number of aromatic hydroxyl groups is 1. The molecular weight excluding hydrogens is 495 g/mol. The molecule has 1 atom stereocenters. The fraction of sp³-hybridized carbons (Fsp3) is 0.259. The SMILES string of the molecule is N[C@@H]1CCCN(c2ccc(Nc3c(CCC=O)cnc4ccc(-c5cc(F)c(O)c(Cl)c5)nc34)cn2)C1. The molecule has 3 aromatic heterocycles. The van der Waals surface area contributed by atoms with Crippen LogP contribution in [0.1, 0.15) is 24.8 Å². The molecule has 0 radical (unpaired) electrons. The van der Waals surface area contributed by atoms with Crippen molar-refractivity contribution in [2.45, 2.75) is 31.7 Å². The molecule has 1 aliphatic heterocycles. The van der Waals surface area contributed by atoms with Crippen molar-refractivity contribution in [2.24, 2.45) is 5.73 Å². The number of nitrogens with two attached hydrogens (primary N) is 1. The molecule has 1 saturated heterocycles. The number of hydrogen-bond donors (Lipinski definition) is 3. The van der Waals surface area contributed by atoms with Crippen LogP contribution in [-0.2, 0) is 11.2 Å². The second kappa shape index (κ2) is 10.7. The lowest BCUT2D eigenvalue weighted by Crippen LogP contribution is -2.43. The highest BCUT2D eigenvalue weighted by Crippen LogP contribution is 2.34. The summed E-state index contributed by atoms with van der Waals surface area (Å²) in [5.41, 5.74) is 10.4. The predicted octanol–water partition coefficient (Wildman–Crippen LogP) is 4.99. The first-order chi connectivity index (χ1) is 17.9. The second-order valence-electron chi connectivity index (χ2n) is 9.09. The fourth-order valence-corrected chi connectivity index (χ4v) is 4.74. The van der Waals surface area contributed by atoms with Gasteiger partial charge in [0.2, 0.25) is 0 Å². The van der Waals surface area contributed by atoms with Crippen LogP contribution in [0, 0.1) is 5.82 Å². The number of piperidine rings is 1. The number of phenolic OH excluding ortho intramolecular Hbond substituents is 1. The number of aldehydes is 1. The highest BCUT2D eigenvalue weighted by Gasteiger charge is 2.18. The van der Waals surface area contributed by atoms with Gasteiger partial charge in [0.15, 0.2) is 11.6 Å². The van der Waals surface area contributed by atoms with Gasteiger partial charge in [-0.05, 0) is 61.2 Å². The minimum Gasteiger partial charge on any atom is -0.504 e. The highest BCUT2D eigenvalue weighted by atomic mass is 35.5. The zero-order chi connectivity index (χ0) is 25.9. The standard InChI is InChI=1S/C27H26ClFN6O2/c28-20-11-17(12-21(29)27(20)37)22-6-7-23-26(34-22)25(16(13-31-23)3-2-10-36)33-19-5-8-24(32-14-19)35-9-1-4-18(30)15-35/h5-8,10-14,18,37H,1-4,9,15,30H2,(H,31,33)/t18-/m1/s1. The average Bonchev–Trinajstić information content (AvgIpc) is 2.91. The number of nitrogens with one attached hydrogen (secondary N) is 1. The number of anilines is 3. The van der Waals surface area contributed by atoms with Crippen molar-refractivity contribution in [1.29, 1.82) is 0 Å². The molecule has 1 aliphatic rings. The van der Waals surface area contributed by atoms with Crippen LogP contribution < -0.4 is 16.0 Å². The van der Waals surface area contributed by atoms with Gasteiger partial charge in [0.05, 0.1) is 33.8 Å². The van der Waals surface area contributed by atoms with Crippen LogP contribution in [0.25, 0.3) is 22.3 Å². The van der Waals surface area contributed by atoms with Gasteiger partial charge >= 0.3 is 0 Å². The van der Waals surface area contributed by atoms with Crippen molar-refractivity contribution < 1.29 is 14.3 Å². The lowest BCUT2D eigenvalue weighted by atomic mass is 10.1. The molecule has 4 aromatic rings. The summed E-state index contributed by atoms with van der Waals surface area (Å²) < 4.78 is 14.2. The maximum atomic E-state index is 14.2. The van der Waals surface area contributed by atoms with Crippen LogP contribution in [0.5, 0.6) is 5.75 Å². The molecule has 0 saturated carbocycles. The zero-order valence-electron chi connectivity index (χ0n) is 20.0. The maximum Gasteiger partial charge on any atom is 0.170 e. The monoisotopic (exact) mass is 520 g/mol. The van der Waals surface area contributed by atoms with Gasteiger partial charge in [-0.15, -0.1) is 0 Å². The first-order valence-electron chi connectivity index (χ1n) is 12.1. The number of aryl methyl sites for hydroxylation is 1. The molecule has 37 heavy (non-hydrogen) atoms. The molecule has 4 N–H and O–H groups in total. The summed E-state index contributed by atoms with van der Waals surface area (Å²) in [6, 6.07) is 10.2. The van der Waals surface area contributed by atoms with Crippen LogP contribution in [0.2, 0.25) is 5.02 Å². The van der Waals surface area contributed by atoms with E-state index >= 15 is 0 Å². The lowest BCUT2D eigenvalue weighted by Gasteiger charge is -2.31. The molecule has 0 spiro atoms. The van der Waals surface area contributed by atoms with Crippen LogP contribution in [0.15, 0.2) is 48.8 Å². The molecule has 4 heterocycles. The normalized spacial score (nSPS) is 15.6. The first-order valence-corrected chi connectivity index (χ1v) is 12.4. The van der Waals surface area contributed by atoms with Gasteiger partial charge in [0.1, 0.15) is 17.6 Å². The Kier molecular flexibility index (Phi) is 7.16. The van der Waals surface area contributed by atoms with Gasteiger partial charge in [-0.3, -0.25) is 4.98 Å². The zero-order valence-corrected chi connectivity index (χ0v) is 20.7. The molecule has 0 unspecified atom stereocenters. The Bertz CT molecular complexity index is 1430. The van der Waals surface area contributed by atoms with E-state index < -0.39 is 11.6 Å². The largest absolute Gasteiger partial charge is 0.504 e. The Morgan fingerprint density at radius 2 is 2.08 bits per heavy atom. The first kappa shape index (κ1) is 24.9. The third-order valence-corrected chi connectivity index (χ3v) is 6.72. The van der Waals surface area contributed by atoms with Gasteiger partial charge in [-0.1, -0.05) is 11.6 Å². The van der Waals surface area contributed by atoms with Crippen molar-refractivity contribution in [3.05, 3.63) is 65.2 Å². The van der Waals surface area contributed by atoms with E-state index in [1.807, 2.05) is 12.1 Å². The summed E-state index contributed by atoms with van der Waals surface area (Å²) >= 11 is 5.99. The molecule has 1 fully saturated rings. The van der Waals surface area contributed by atoms with E-state index in [4.69, 9.17) is 22.3 Å². The van der Waals surface area contributed by atoms with Crippen LogP contribution >= 0.6 is 11.6 Å². The number of aromatic nitrogens is 3. The minimum atomic E-state index is -0.832. The molecule has 0 aliphatic carbocycles. The Balaban J connectivity index is 1.53. The Morgan fingerprint density at radius 1 is 1.22 bits per heavy atom. The Morgan fingerprint density at radius 3 is 2.81 bits per heavy atom. The molecule has 190 valence electrons. The second-order valence-corrected chi connectivity index (χ2v) is 9.50. The molecule has 8 nitrogen and oxygen atoms in total. The number of hydrogen-bond acceptors (Lipinski definition) is 8. The van der Waals surface area contributed by atoms with E-state index in [0.29, 0.717) is 40.8 Å². The average molecular weight is 521 g/mol.